The first-order chi connectivity index (χ1) is 5.65. The molecule has 1 rings (SSSR count). The van der Waals surface area contributed by atoms with Gasteiger partial charge in [-0.05, 0) is 52.3 Å². The summed E-state index contributed by atoms with van der Waals surface area (Å²) in [4.78, 5) is 0.937. The summed E-state index contributed by atoms with van der Waals surface area (Å²) in [6, 6.07) is 3.65. The molecule has 2 N–H and O–H groups in total. The van der Waals surface area contributed by atoms with E-state index in [1.54, 1.807) is 6.07 Å². The first kappa shape index (κ1) is 9.43. The lowest BCUT2D eigenvalue weighted by Crippen LogP contribution is -1.88. The molecule has 0 unspecified atom stereocenters. The number of nitrogens with two attached hydrogens (primary N) is 1. The van der Waals surface area contributed by atoms with Crippen molar-refractivity contribution in [3.63, 3.8) is 0 Å². The summed E-state index contributed by atoms with van der Waals surface area (Å²) in [7, 11) is 0. The van der Waals surface area contributed by atoms with Crippen molar-refractivity contribution < 1.29 is 0 Å². The third-order valence-electron chi connectivity index (χ3n) is 1.40. The molecule has 0 aliphatic rings. The predicted octanol–water partition coefficient (Wildman–Crippen LogP) is 2.91. The van der Waals surface area contributed by atoms with Crippen LogP contribution in [0.1, 0.15) is 5.56 Å². The summed E-state index contributed by atoms with van der Waals surface area (Å²) < 4.78 is 0.881. The highest BCUT2D eigenvalue weighted by Gasteiger charge is 2.04. The number of rotatable bonds is 1. The highest BCUT2D eigenvalue weighted by atomic mass is 79.9. The van der Waals surface area contributed by atoms with E-state index in [4.69, 9.17) is 11.0 Å². The fourth-order valence-corrected chi connectivity index (χ4v) is 2.22. The number of anilines is 1. The summed E-state index contributed by atoms with van der Waals surface area (Å²) >= 11 is 4.49. The Hall–Kier alpha value is -0.660. The van der Waals surface area contributed by atoms with Gasteiger partial charge in [0.15, 0.2) is 0 Å². The van der Waals surface area contributed by atoms with Crippen LogP contribution in [-0.2, 0) is 0 Å². The largest absolute Gasteiger partial charge is 0.399 e. The lowest BCUT2D eigenvalue weighted by molar-refractivity contribution is 1.28. The third kappa shape index (κ3) is 1.93. The van der Waals surface area contributed by atoms with E-state index >= 15 is 0 Å². The minimum atomic E-state index is 0.710. The van der Waals surface area contributed by atoms with Crippen molar-refractivity contribution in [3.8, 4) is 5.40 Å². The Morgan fingerprint density at radius 2 is 2.25 bits per heavy atom. The summed E-state index contributed by atoms with van der Waals surface area (Å²) in [5.41, 5.74) is 7.33. The molecule has 0 spiro atoms. The lowest BCUT2D eigenvalue weighted by atomic mass is 10.2. The molecule has 0 saturated carbocycles. The highest BCUT2D eigenvalue weighted by Crippen LogP contribution is 2.31. The smallest absolute Gasteiger partial charge is 0.138 e. The number of benzene rings is 1. The van der Waals surface area contributed by atoms with Crippen LogP contribution in [0.3, 0.4) is 0 Å². The van der Waals surface area contributed by atoms with Crippen LogP contribution < -0.4 is 5.73 Å². The van der Waals surface area contributed by atoms with Crippen molar-refractivity contribution in [2.24, 2.45) is 0 Å². The molecule has 0 aliphatic heterocycles. The molecule has 0 bridgehead atoms. The molecule has 0 saturated heterocycles. The fourth-order valence-electron chi connectivity index (χ4n) is 0.932. The van der Waals surface area contributed by atoms with Crippen molar-refractivity contribution in [1.82, 2.24) is 0 Å². The molecule has 0 fully saturated rings. The molecule has 0 atom stereocenters. The lowest BCUT2D eigenvalue weighted by Gasteiger charge is -2.04. The molecule has 2 nitrogen and oxygen atoms in total. The molecule has 4 heteroatoms. The number of thiocyanates is 1. The molecule has 1 aromatic rings. The Balaban J connectivity index is 3.21. The topological polar surface area (TPSA) is 49.8 Å². The van der Waals surface area contributed by atoms with Crippen LogP contribution in [-0.4, -0.2) is 0 Å². The second kappa shape index (κ2) is 3.83. The van der Waals surface area contributed by atoms with E-state index in [1.807, 2.05) is 18.4 Å². The molecule has 0 aromatic heterocycles. The van der Waals surface area contributed by atoms with E-state index in [1.165, 1.54) is 0 Å². The number of nitrogens with zero attached hydrogens (tertiary/aromatic N) is 1. The summed E-state index contributed by atoms with van der Waals surface area (Å²) in [5.74, 6) is 0. The SMILES string of the molecule is Cc1cc(N)cc(Br)c1SC#N. The maximum atomic E-state index is 8.50. The van der Waals surface area contributed by atoms with Crippen LogP contribution in [0.4, 0.5) is 5.69 Å². The fraction of sp³-hybridized carbons (Fsp3) is 0.125. The number of hydrogen-bond donors (Lipinski definition) is 1. The molecular weight excluding hydrogens is 236 g/mol. The van der Waals surface area contributed by atoms with Crippen molar-refractivity contribution >= 4 is 33.4 Å². The molecule has 0 radical (unpaired) electrons. The van der Waals surface area contributed by atoms with Gasteiger partial charge < -0.3 is 5.73 Å². The number of halogens is 1. The number of nitriles is 1. The van der Waals surface area contributed by atoms with Gasteiger partial charge in [-0.25, -0.2) is 0 Å². The Morgan fingerprint density at radius 3 is 2.75 bits per heavy atom. The molecule has 12 heavy (non-hydrogen) atoms. The maximum absolute atomic E-state index is 8.50. The van der Waals surface area contributed by atoms with Crippen molar-refractivity contribution in [2.75, 3.05) is 5.73 Å². The second-order valence-corrected chi connectivity index (χ2v) is 3.99. The van der Waals surface area contributed by atoms with Crippen LogP contribution in [0.15, 0.2) is 21.5 Å². The summed E-state index contributed by atoms with van der Waals surface area (Å²) in [6.45, 7) is 1.93. The van der Waals surface area contributed by atoms with Gasteiger partial charge in [0.25, 0.3) is 0 Å². The Bertz CT molecular complexity index is 320. The predicted molar refractivity (Wildman–Crippen MR) is 54.8 cm³/mol. The molecular formula is C8H7BrN2S. The normalized spacial score (nSPS) is 9.42. The standard InChI is InChI=1S/C8H7BrN2S/c1-5-2-6(11)3-7(9)8(5)12-4-10/h2-3H,11H2,1H3. The van der Waals surface area contributed by atoms with Gasteiger partial charge in [-0.2, -0.15) is 5.26 Å². The first-order valence-corrected chi connectivity index (χ1v) is 4.87. The van der Waals surface area contributed by atoms with E-state index in [0.29, 0.717) is 5.69 Å². The Kier molecular flexibility index (Phi) is 3.01. The quantitative estimate of drug-likeness (QED) is 0.468. The number of hydrogen-bond acceptors (Lipinski definition) is 3. The van der Waals surface area contributed by atoms with Gasteiger partial charge in [0.1, 0.15) is 5.40 Å². The van der Waals surface area contributed by atoms with Crippen LogP contribution in [0.5, 0.6) is 0 Å². The minimum absolute atomic E-state index is 0.710. The number of aryl methyl sites for hydroxylation is 1. The average Bonchev–Trinajstić information content (AvgIpc) is 1.96. The average molecular weight is 243 g/mol. The Labute approximate surface area is 83.9 Å². The van der Waals surface area contributed by atoms with Gasteiger partial charge >= 0.3 is 0 Å². The molecule has 0 aliphatic carbocycles. The van der Waals surface area contributed by atoms with Crippen LogP contribution in [0.2, 0.25) is 0 Å². The van der Waals surface area contributed by atoms with E-state index < -0.39 is 0 Å². The van der Waals surface area contributed by atoms with E-state index in [9.17, 15) is 0 Å². The van der Waals surface area contributed by atoms with Crippen LogP contribution in [0, 0.1) is 17.6 Å². The third-order valence-corrected chi connectivity index (χ3v) is 3.12. The van der Waals surface area contributed by atoms with Crippen molar-refractivity contribution in [2.45, 2.75) is 11.8 Å². The van der Waals surface area contributed by atoms with Crippen molar-refractivity contribution in [1.29, 1.82) is 5.26 Å². The zero-order chi connectivity index (χ0) is 9.14. The van der Waals surface area contributed by atoms with E-state index in [2.05, 4.69) is 15.9 Å². The minimum Gasteiger partial charge on any atom is -0.399 e. The van der Waals surface area contributed by atoms with Crippen LogP contribution in [0.25, 0.3) is 0 Å². The molecule has 0 heterocycles. The van der Waals surface area contributed by atoms with Crippen LogP contribution >= 0.6 is 27.7 Å². The van der Waals surface area contributed by atoms with Gasteiger partial charge in [0, 0.05) is 15.1 Å². The van der Waals surface area contributed by atoms with Gasteiger partial charge in [0.05, 0.1) is 0 Å². The highest BCUT2D eigenvalue weighted by molar-refractivity contribution is 9.10. The zero-order valence-corrected chi connectivity index (χ0v) is 8.87. The van der Waals surface area contributed by atoms with Gasteiger partial charge in [0.2, 0.25) is 0 Å². The van der Waals surface area contributed by atoms with E-state index in [-0.39, 0.29) is 0 Å². The number of thioether (sulfide) groups is 1. The summed E-state index contributed by atoms with van der Waals surface area (Å²) in [5, 5.41) is 10.5. The second-order valence-electron chi connectivity index (χ2n) is 2.34. The Morgan fingerprint density at radius 1 is 1.58 bits per heavy atom. The first-order valence-electron chi connectivity index (χ1n) is 3.26. The molecule has 0 amide bonds. The van der Waals surface area contributed by atoms with Gasteiger partial charge in [-0.15, -0.1) is 0 Å². The number of nitrogen functional groups attached to an aromatic ring is 1. The maximum Gasteiger partial charge on any atom is 0.138 e. The monoisotopic (exact) mass is 242 g/mol. The van der Waals surface area contributed by atoms with Crippen molar-refractivity contribution in [3.05, 3.63) is 22.2 Å². The molecule has 1 aromatic carbocycles. The summed E-state index contributed by atoms with van der Waals surface area (Å²) in [6.07, 6.45) is 0. The van der Waals surface area contributed by atoms with E-state index in [0.717, 1.165) is 26.7 Å². The zero-order valence-electron chi connectivity index (χ0n) is 6.47. The molecule has 62 valence electrons. The van der Waals surface area contributed by atoms with Gasteiger partial charge in [-0.3, -0.25) is 0 Å². The van der Waals surface area contributed by atoms with Gasteiger partial charge in [-0.1, -0.05) is 0 Å².